The summed E-state index contributed by atoms with van der Waals surface area (Å²) in [6.07, 6.45) is 5.05. The molecule has 1 unspecified atom stereocenters. The van der Waals surface area contributed by atoms with Crippen LogP contribution in [0.1, 0.15) is 53.4 Å². The van der Waals surface area contributed by atoms with Crippen LogP contribution in [-0.4, -0.2) is 73.2 Å². The quantitative estimate of drug-likeness (QED) is 0.579. The van der Waals surface area contributed by atoms with Crippen LogP contribution in [0.25, 0.3) is 0 Å². The second-order valence-corrected chi connectivity index (χ2v) is 7.19. The predicted octanol–water partition coefficient (Wildman–Crippen LogP) is 1.90. The molecule has 0 amide bonds. The maximum absolute atomic E-state index is 4.88. The Hall–Kier alpha value is -0.810. The van der Waals surface area contributed by atoms with Crippen LogP contribution >= 0.6 is 0 Å². The Morgan fingerprint density at radius 1 is 1.13 bits per heavy atom. The van der Waals surface area contributed by atoms with Crippen LogP contribution in [0.3, 0.4) is 0 Å². The van der Waals surface area contributed by atoms with Gasteiger partial charge in [0, 0.05) is 37.8 Å². The summed E-state index contributed by atoms with van der Waals surface area (Å²) in [7, 11) is 0. The Morgan fingerprint density at radius 2 is 1.87 bits per heavy atom. The molecule has 1 atom stereocenters. The van der Waals surface area contributed by atoms with Crippen molar-refractivity contribution in [3.8, 4) is 0 Å². The highest BCUT2D eigenvalue weighted by Gasteiger charge is 2.24. The first kappa shape index (κ1) is 18.5. The Kier molecular flexibility index (Phi) is 7.63. The number of hydrogen-bond donors (Lipinski definition) is 2. The van der Waals surface area contributed by atoms with Crippen molar-refractivity contribution in [1.82, 2.24) is 20.4 Å². The van der Waals surface area contributed by atoms with Crippen molar-refractivity contribution in [2.75, 3.05) is 39.3 Å². The van der Waals surface area contributed by atoms with Crippen molar-refractivity contribution >= 4 is 5.96 Å². The lowest BCUT2D eigenvalue weighted by atomic mass is 10.0. The van der Waals surface area contributed by atoms with E-state index >= 15 is 0 Å². The number of nitrogens with one attached hydrogen (secondary N) is 2. The second-order valence-electron chi connectivity index (χ2n) is 7.19. The summed E-state index contributed by atoms with van der Waals surface area (Å²) in [5.41, 5.74) is 0. The van der Waals surface area contributed by atoms with Gasteiger partial charge in [-0.3, -0.25) is 9.89 Å². The molecule has 2 rings (SSSR count). The van der Waals surface area contributed by atoms with Gasteiger partial charge < -0.3 is 15.5 Å². The van der Waals surface area contributed by atoms with E-state index in [1.54, 1.807) is 0 Å². The average molecular weight is 324 g/mol. The van der Waals surface area contributed by atoms with Gasteiger partial charge in [0.2, 0.25) is 0 Å². The number of guanidine groups is 1. The van der Waals surface area contributed by atoms with Crippen molar-refractivity contribution in [1.29, 1.82) is 0 Å². The van der Waals surface area contributed by atoms with Gasteiger partial charge in [-0.05, 0) is 59.5 Å². The molecule has 0 aliphatic carbocycles. The van der Waals surface area contributed by atoms with E-state index in [-0.39, 0.29) is 0 Å². The minimum absolute atomic E-state index is 0.564. The molecule has 2 heterocycles. The summed E-state index contributed by atoms with van der Waals surface area (Å²) in [6, 6.07) is 1.87. The monoisotopic (exact) mass is 323 g/mol. The lowest BCUT2D eigenvalue weighted by Crippen LogP contribution is -2.50. The third-order valence-electron chi connectivity index (χ3n) is 5.31. The maximum Gasteiger partial charge on any atom is 0.191 e. The molecule has 2 saturated heterocycles. The summed E-state index contributed by atoms with van der Waals surface area (Å²) in [5.74, 6) is 1.01. The van der Waals surface area contributed by atoms with E-state index in [4.69, 9.17) is 4.99 Å². The van der Waals surface area contributed by atoms with E-state index in [1.807, 2.05) is 0 Å². The highest BCUT2D eigenvalue weighted by molar-refractivity contribution is 5.80. The molecule has 23 heavy (non-hydrogen) atoms. The lowest BCUT2D eigenvalue weighted by Gasteiger charge is -2.35. The van der Waals surface area contributed by atoms with Crippen molar-refractivity contribution in [2.45, 2.75) is 71.5 Å². The summed E-state index contributed by atoms with van der Waals surface area (Å²) in [6.45, 7) is 15.6. The summed E-state index contributed by atoms with van der Waals surface area (Å²) >= 11 is 0. The maximum atomic E-state index is 4.88. The molecule has 0 spiro atoms. The number of piperidine rings is 1. The molecule has 5 heteroatoms. The van der Waals surface area contributed by atoms with Crippen molar-refractivity contribution < 1.29 is 0 Å². The van der Waals surface area contributed by atoms with E-state index in [9.17, 15) is 0 Å². The average Bonchev–Trinajstić information content (AvgIpc) is 3.01. The third-order valence-corrected chi connectivity index (χ3v) is 5.31. The van der Waals surface area contributed by atoms with E-state index in [0.29, 0.717) is 18.1 Å². The third kappa shape index (κ3) is 5.64. The standard InChI is InChI=1S/C18H37N5/c1-5-19-18(20-14-17-8-7-11-22(17)6-2)21-16-9-12-23(13-10-16)15(3)4/h15-17H,5-14H2,1-4H3,(H2,19,20,21). The van der Waals surface area contributed by atoms with Crippen LogP contribution < -0.4 is 10.6 Å². The molecule has 0 aromatic heterocycles. The fourth-order valence-corrected chi connectivity index (χ4v) is 3.79. The van der Waals surface area contributed by atoms with Crippen LogP contribution in [0.2, 0.25) is 0 Å². The first-order valence-electron chi connectivity index (χ1n) is 9.67. The molecule has 2 fully saturated rings. The molecule has 134 valence electrons. The van der Waals surface area contributed by atoms with Crippen molar-refractivity contribution in [3.63, 3.8) is 0 Å². The topological polar surface area (TPSA) is 42.9 Å². The number of hydrogen-bond acceptors (Lipinski definition) is 3. The number of likely N-dealkylation sites (tertiary alicyclic amines) is 2. The molecule has 0 radical (unpaired) electrons. The fourth-order valence-electron chi connectivity index (χ4n) is 3.79. The number of rotatable bonds is 6. The number of likely N-dealkylation sites (N-methyl/N-ethyl adjacent to an activating group) is 1. The molecule has 2 aliphatic heterocycles. The van der Waals surface area contributed by atoms with Gasteiger partial charge in [0.15, 0.2) is 5.96 Å². The van der Waals surface area contributed by atoms with E-state index in [0.717, 1.165) is 25.6 Å². The minimum atomic E-state index is 0.564. The molecule has 5 nitrogen and oxygen atoms in total. The minimum Gasteiger partial charge on any atom is -0.357 e. The van der Waals surface area contributed by atoms with Crippen molar-refractivity contribution in [2.24, 2.45) is 4.99 Å². The van der Waals surface area contributed by atoms with Gasteiger partial charge in [0.25, 0.3) is 0 Å². The first-order chi connectivity index (χ1) is 11.1. The van der Waals surface area contributed by atoms with E-state index in [2.05, 4.69) is 48.1 Å². The summed E-state index contributed by atoms with van der Waals surface area (Å²) in [5, 5.41) is 7.09. The first-order valence-corrected chi connectivity index (χ1v) is 9.67. The number of aliphatic imine (C=N–C) groups is 1. The van der Waals surface area contributed by atoms with E-state index < -0.39 is 0 Å². The molecular formula is C18H37N5. The summed E-state index contributed by atoms with van der Waals surface area (Å²) in [4.78, 5) is 10.0. The van der Waals surface area contributed by atoms with Crippen LogP contribution in [0.4, 0.5) is 0 Å². The Morgan fingerprint density at radius 3 is 2.48 bits per heavy atom. The predicted molar refractivity (Wildman–Crippen MR) is 99.1 cm³/mol. The zero-order valence-electron chi connectivity index (χ0n) is 15.6. The van der Waals surface area contributed by atoms with Gasteiger partial charge in [-0.25, -0.2) is 0 Å². The van der Waals surface area contributed by atoms with Gasteiger partial charge in [-0.1, -0.05) is 6.92 Å². The van der Waals surface area contributed by atoms with Crippen LogP contribution in [0.15, 0.2) is 4.99 Å². The second kappa shape index (κ2) is 9.48. The van der Waals surface area contributed by atoms with Gasteiger partial charge in [-0.15, -0.1) is 0 Å². The molecule has 0 aromatic rings. The SMILES string of the molecule is CCNC(=NCC1CCCN1CC)NC1CCN(C(C)C)CC1. The molecular weight excluding hydrogens is 286 g/mol. The summed E-state index contributed by atoms with van der Waals surface area (Å²) < 4.78 is 0. The normalized spacial score (nSPS) is 25.3. The Bertz CT molecular complexity index is 360. The highest BCUT2D eigenvalue weighted by atomic mass is 15.2. The fraction of sp³-hybridized carbons (Fsp3) is 0.944. The molecule has 0 aromatic carbocycles. The zero-order chi connectivity index (χ0) is 16.7. The van der Waals surface area contributed by atoms with Crippen LogP contribution in [0, 0.1) is 0 Å². The van der Waals surface area contributed by atoms with Gasteiger partial charge >= 0.3 is 0 Å². The van der Waals surface area contributed by atoms with Crippen LogP contribution in [-0.2, 0) is 0 Å². The molecule has 2 N–H and O–H groups in total. The lowest BCUT2D eigenvalue weighted by molar-refractivity contribution is 0.167. The highest BCUT2D eigenvalue weighted by Crippen LogP contribution is 2.17. The largest absolute Gasteiger partial charge is 0.357 e. The number of nitrogens with zero attached hydrogens (tertiary/aromatic N) is 3. The zero-order valence-corrected chi connectivity index (χ0v) is 15.6. The smallest absolute Gasteiger partial charge is 0.191 e. The van der Waals surface area contributed by atoms with Crippen molar-refractivity contribution in [3.05, 3.63) is 0 Å². The van der Waals surface area contributed by atoms with Crippen LogP contribution in [0.5, 0.6) is 0 Å². The molecule has 0 bridgehead atoms. The Balaban J connectivity index is 1.82. The molecule has 0 saturated carbocycles. The van der Waals surface area contributed by atoms with Gasteiger partial charge in [0.1, 0.15) is 0 Å². The van der Waals surface area contributed by atoms with Gasteiger partial charge in [-0.2, -0.15) is 0 Å². The Labute approximate surface area is 142 Å². The molecule has 2 aliphatic rings. The van der Waals surface area contributed by atoms with E-state index in [1.165, 1.54) is 45.3 Å². The van der Waals surface area contributed by atoms with Gasteiger partial charge in [0.05, 0.1) is 6.54 Å².